The molecule has 1 aromatic carbocycles. The summed E-state index contributed by atoms with van der Waals surface area (Å²) >= 11 is 0. The number of aryl methyl sites for hydroxylation is 3. The van der Waals surface area contributed by atoms with Gasteiger partial charge < -0.3 is 5.32 Å². The fraction of sp³-hybridized carbons (Fsp3) is 0.600. The van der Waals surface area contributed by atoms with Gasteiger partial charge in [0.15, 0.2) is 0 Å². The van der Waals surface area contributed by atoms with E-state index in [-0.39, 0.29) is 0 Å². The predicted octanol–water partition coefficient (Wildman–Crippen LogP) is 3.95. The van der Waals surface area contributed by atoms with Gasteiger partial charge in [-0.1, -0.05) is 32.8 Å². The van der Waals surface area contributed by atoms with Crippen molar-refractivity contribution < 1.29 is 0 Å². The molecule has 1 nitrogen and oxygen atoms in total. The smallest absolute Gasteiger partial charge is 0.0375 e. The van der Waals surface area contributed by atoms with E-state index in [1.165, 1.54) is 49.8 Å². The third-order valence-electron chi connectivity index (χ3n) is 3.40. The molecule has 0 amide bonds. The molecule has 0 saturated carbocycles. The number of fused-ring (bicyclic) bond motifs is 1. The summed E-state index contributed by atoms with van der Waals surface area (Å²) in [5.41, 5.74) is 6.09. The zero-order valence-electron chi connectivity index (χ0n) is 10.6. The number of hydrogen-bond acceptors (Lipinski definition) is 1. The molecular weight excluding hydrogens is 194 g/mol. The minimum Gasteiger partial charge on any atom is -0.385 e. The van der Waals surface area contributed by atoms with E-state index in [1.54, 1.807) is 11.1 Å². The molecule has 0 unspecified atom stereocenters. The highest BCUT2D eigenvalue weighted by Crippen LogP contribution is 2.27. The Balaban J connectivity index is 2.33. The summed E-state index contributed by atoms with van der Waals surface area (Å²) in [6.45, 7) is 5.68. The Bertz CT molecular complexity index is 320. The summed E-state index contributed by atoms with van der Waals surface area (Å²) in [6.07, 6.45) is 7.50. The van der Waals surface area contributed by atoms with Crippen molar-refractivity contribution in [2.45, 2.75) is 52.4 Å². The van der Waals surface area contributed by atoms with Gasteiger partial charge in [-0.25, -0.2) is 0 Å². The van der Waals surface area contributed by atoms with Crippen LogP contribution in [0.1, 0.15) is 49.8 Å². The normalized spacial score (nSPS) is 14.4. The molecule has 0 saturated heterocycles. The summed E-state index contributed by atoms with van der Waals surface area (Å²) in [5, 5.41) is 3.53. The molecule has 2 rings (SSSR count). The fourth-order valence-electron chi connectivity index (χ4n) is 2.62. The van der Waals surface area contributed by atoms with Crippen molar-refractivity contribution in [1.82, 2.24) is 0 Å². The maximum atomic E-state index is 3.53. The molecule has 1 heteroatoms. The van der Waals surface area contributed by atoms with Gasteiger partial charge in [-0.2, -0.15) is 0 Å². The maximum Gasteiger partial charge on any atom is 0.0375 e. The zero-order valence-corrected chi connectivity index (χ0v) is 10.6. The highest BCUT2D eigenvalue weighted by atomic mass is 14.9. The molecule has 0 aromatic heterocycles. The van der Waals surface area contributed by atoms with Crippen LogP contribution in [0.25, 0.3) is 0 Å². The van der Waals surface area contributed by atoms with Crippen molar-refractivity contribution in [2.24, 2.45) is 0 Å². The molecule has 88 valence electrons. The van der Waals surface area contributed by atoms with E-state index in [1.807, 2.05) is 0 Å². The number of nitrogens with one attached hydrogen (secondary N) is 1. The topological polar surface area (TPSA) is 12.0 Å². The van der Waals surface area contributed by atoms with Crippen LogP contribution in [0.2, 0.25) is 0 Å². The van der Waals surface area contributed by atoms with E-state index in [9.17, 15) is 0 Å². The molecule has 0 spiro atoms. The summed E-state index contributed by atoms with van der Waals surface area (Å²) in [5.74, 6) is 0. The van der Waals surface area contributed by atoms with Crippen LogP contribution in [-0.2, 0) is 19.3 Å². The third kappa shape index (κ3) is 2.40. The van der Waals surface area contributed by atoms with Crippen LogP contribution in [0, 0.1) is 0 Å². The van der Waals surface area contributed by atoms with Gasteiger partial charge in [-0.05, 0) is 48.4 Å². The van der Waals surface area contributed by atoms with Crippen molar-refractivity contribution in [3.05, 3.63) is 28.8 Å². The van der Waals surface area contributed by atoms with Gasteiger partial charge in [-0.3, -0.25) is 0 Å². The van der Waals surface area contributed by atoms with Gasteiger partial charge >= 0.3 is 0 Å². The van der Waals surface area contributed by atoms with Gasteiger partial charge in [0.05, 0.1) is 0 Å². The van der Waals surface area contributed by atoms with Gasteiger partial charge in [0.25, 0.3) is 0 Å². The molecule has 0 fully saturated rings. The monoisotopic (exact) mass is 217 g/mol. The van der Waals surface area contributed by atoms with Gasteiger partial charge in [0.2, 0.25) is 0 Å². The van der Waals surface area contributed by atoms with Crippen LogP contribution in [0.15, 0.2) is 12.1 Å². The quantitative estimate of drug-likeness (QED) is 0.805. The minimum absolute atomic E-state index is 1.14. The highest BCUT2D eigenvalue weighted by molar-refractivity contribution is 5.57. The lowest BCUT2D eigenvalue weighted by molar-refractivity contribution is 0.811. The first kappa shape index (κ1) is 11.5. The molecule has 0 atom stereocenters. The Kier molecular flexibility index (Phi) is 3.87. The van der Waals surface area contributed by atoms with Crippen molar-refractivity contribution in [3.8, 4) is 0 Å². The molecule has 1 aliphatic heterocycles. The molecule has 1 N–H and O–H groups in total. The Morgan fingerprint density at radius 1 is 1.06 bits per heavy atom. The average molecular weight is 217 g/mol. The number of anilines is 1. The summed E-state index contributed by atoms with van der Waals surface area (Å²) in [4.78, 5) is 0. The first-order chi connectivity index (χ1) is 7.85. The summed E-state index contributed by atoms with van der Waals surface area (Å²) in [6, 6.07) is 4.86. The van der Waals surface area contributed by atoms with Crippen LogP contribution in [-0.4, -0.2) is 6.54 Å². The second-order valence-electron chi connectivity index (χ2n) is 4.81. The van der Waals surface area contributed by atoms with Crippen LogP contribution in [0.4, 0.5) is 5.69 Å². The van der Waals surface area contributed by atoms with Gasteiger partial charge in [-0.15, -0.1) is 0 Å². The van der Waals surface area contributed by atoms with Gasteiger partial charge in [0.1, 0.15) is 0 Å². The molecule has 0 radical (unpaired) electrons. The van der Waals surface area contributed by atoms with Crippen molar-refractivity contribution in [3.63, 3.8) is 0 Å². The van der Waals surface area contributed by atoms with Crippen molar-refractivity contribution in [2.75, 3.05) is 11.9 Å². The van der Waals surface area contributed by atoms with Crippen LogP contribution in [0.5, 0.6) is 0 Å². The highest BCUT2D eigenvalue weighted by Gasteiger charge is 2.12. The van der Waals surface area contributed by atoms with Gasteiger partial charge in [0, 0.05) is 12.2 Å². The lowest BCUT2D eigenvalue weighted by Crippen LogP contribution is -2.13. The molecule has 1 aliphatic rings. The first-order valence-electron chi connectivity index (χ1n) is 6.73. The average Bonchev–Trinajstić information content (AvgIpc) is 2.30. The summed E-state index contributed by atoms with van der Waals surface area (Å²) in [7, 11) is 0. The third-order valence-corrected chi connectivity index (χ3v) is 3.40. The lowest BCUT2D eigenvalue weighted by atomic mass is 9.92. The number of benzene rings is 1. The standard InChI is InChI=1S/C15H23N/c1-3-6-12-10-14-8-5-9-16-15(14)11-13(12)7-4-2/h10-11,16H,3-9H2,1-2H3. The number of rotatable bonds is 4. The molecule has 16 heavy (non-hydrogen) atoms. The Morgan fingerprint density at radius 2 is 1.75 bits per heavy atom. The maximum absolute atomic E-state index is 3.53. The molecule has 1 heterocycles. The van der Waals surface area contributed by atoms with Crippen LogP contribution < -0.4 is 5.32 Å². The van der Waals surface area contributed by atoms with E-state index in [2.05, 4.69) is 31.3 Å². The second-order valence-corrected chi connectivity index (χ2v) is 4.81. The SMILES string of the molecule is CCCc1cc2c(cc1CCC)NCCC2. The molecular formula is C15H23N. The fourth-order valence-corrected chi connectivity index (χ4v) is 2.62. The van der Waals surface area contributed by atoms with Crippen LogP contribution >= 0.6 is 0 Å². The molecule has 0 bridgehead atoms. The molecule has 1 aromatic rings. The largest absolute Gasteiger partial charge is 0.385 e. The Hall–Kier alpha value is -0.980. The van der Waals surface area contributed by atoms with E-state index >= 15 is 0 Å². The Labute approximate surface area is 99.3 Å². The van der Waals surface area contributed by atoms with E-state index in [4.69, 9.17) is 0 Å². The zero-order chi connectivity index (χ0) is 11.4. The number of hydrogen-bond donors (Lipinski definition) is 1. The summed E-state index contributed by atoms with van der Waals surface area (Å²) < 4.78 is 0. The minimum atomic E-state index is 1.14. The van der Waals surface area contributed by atoms with Crippen molar-refractivity contribution >= 4 is 5.69 Å². The second kappa shape index (κ2) is 5.38. The van der Waals surface area contributed by atoms with E-state index in [0.29, 0.717) is 0 Å². The van der Waals surface area contributed by atoms with E-state index in [0.717, 1.165) is 6.54 Å². The van der Waals surface area contributed by atoms with Crippen LogP contribution in [0.3, 0.4) is 0 Å². The van der Waals surface area contributed by atoms with E-state index < -0.39 is 0 Å². The first-order valence-corrected chi connectivity index (χ1v) is 6.73. The lowest BCUT2D eigenvalue weighted by Gasteiger charge is -2.21. The predicted molar refractivity (Wildman–Crippen MR) is 71.2 cm³/mol. The molecule has 0 aliphatic carbocycles. The Morgan fingerprint density at radius 3 is 2.44 bits per heavy atom. The van der Waals surface area contributed by atoms with Crippen molar-refractivity contribution in [1.29, 1.82) is 0 Å².